The van der Waals surface area contributed by atoms with Gasteiger partial charge < -0.3 is 10.2 Å². The summed E-state index contributed by atoms with van der Waals surface area (Å²) in [7, 11) is 2.15. The third kappa shape index (κ3) is 3.17. The quantitative estimate of drug-likeness (QED) is 0.702. The van der Waals surface area contributed by atoms with Crippen LogP contribution in [0.3, 0.4) is 0 Å². The van der Waals surface area contributed by atoms with Crippen LogP contribution in [0.15, 0.2) is 0 Å². The molecule has 1 unspecified atom stereocenters. The summed E-state index contributed by atoms with van der Waals surface area (Å²) in [5.74, 6) is 0.674. The van der Waals surface area contributed by atoms with Crippen LogP contribution in [0.1, 0.15) is 20.3 Å². The van der Waals surface area contributed by atoms with Crippen molar-refractivity contribution in [2.75, 3.05) is 26.7 Å². The van der Waals surface area contributed by atoms with E-state index in [2.05, 4.69) is 43.7 Å². The van der Waals surface area contributed by atoms with Gasteiger partial charge in [0.05, 0.1) is 0 Å². The first-order chi connectivity index (χ1) is 6.42. The first-order valence-corrected chi connectivity index (χ1v) is 5.52. The van der Waals surface area contributed by atoms with Gasteiger partial charge in [0.25, 0.3) is 5.24 Å². The van der Waals surface area contributed by atoms with Crippen LogP contribution in [0.5, 0.6) is 0 Å². The van der Waals surface area contributed by atoms with Crippen molar-refractivity contribution in [3.05, 3.63) is 0 Å². The molecule has 1 rings (SSSR count). The molecule has 0 aromatic carbocycles. The summed E-state index contributed by atoms with van der Waals surface area (Å²) in [6, 6.07) is 0. The average Bonchev–Trinajstić information content (AvgIpc) is 2.49. The molecule has 1 amide bonds. The van der Waals surface area contributed by atoms with Gasteiger partial charge in [0.2, 0.25) is 0 Å². The van der Waals surface area contributed by atoms with Gasteiger partial charge in [-0.15, -0.1) is 0 Å². The zero-order chi connectivity index (χ0) is 10.8. The molecule has 1 heterocycles. The number of nitrogens with one attached hydrogen (secondary N) is 1. The lowest BCUT2D eigenvalue weighted by atomic mass is 9.78. The average molecular weight is 216 g/mol. The van der Waals surface area contributed by atoms with Crippen LogP contribution in [-0.2, 0) is 0 Å². The lowest BCUT2D eigenvalue weighted by molar-refractivity contribution is 0.206. The highest BCUT2D eigenvalue weighted by Crippen LogP contribution is 2.33. The zero-order valence-corrected chi connectivity index (χ0v) is 10.1. The number of amides is 1. The van der Waals surface area contributed by atoms with Crippen molar-refractivity contribution in [1.29, 1.82) is 0 Å². The summed E-state index contributed by atoms with van der Waals surface area (Å²) in [6.07, 6.45) is 1.23. The monoisotopic (exact) mass is 216 g/mol. The summed E-state index contributed by atoms with van der Waals surface area (Å²) in [6.45, 7) is 7.44. The molecule has 0 aromatic rings. The Labute approximate surface area is 91.6 Å². The highest BCUT2D eigenvalue weighted by atomic mass is 32.1. The van der Waals surface area contributed by atoms with E-state index in [1.165, 1.54) is 13.0 Å². The molecule has 0 radical (unpaired) electrons. The second-order valence-corrected chi connectivity index (χ2v) is 5.30. The van der Waals surface area contributed by atoms with Gasteiger partial charge in [-0.05, 0) is 31.3 Å². The minimum atomic E-state index is -0.232. The molecule has 1 aliphatic rings. The SMILES string of the molecule is CN1CCC(C(C)(C)CNC(=O)S)C1. The van der Waals surface area contributed by atoms with Crippen LogP contribution in [-0.4, -0.2) is 36.8 Å². The van der Waals surface area contributed by atoms with Gasteiger partial charge in [-0.1, -0.05) is 26.5 Å². The molecule has 0 aliphatic carbocycles. The number of rotatable bonds is 3. The maximum absolute atomic E-state index is 10.7. The van der Waals surface area contributed by atoms with E-state index in [0.29, 0.717) is 12.5 Å². The molecule has 0 aromatic heterocycles. The molecule has 0 bridgehead atoms. The molecule has 4 heteroatoms. The van der Waals surface area contributed by atoms with Crippen molar-refractivity contribution in [2.24, 2.45) is 11.3 Å². The Kier molecular flexibility index (Phi) is 3.84. The highest BCUT2D eigenvalue weighted by Gasteiger charge is 2.33. The van der Waals surface area contributed by atoms with E-state index in [1.54, 1.807) is 0 Å². The number of nitrogens with zero attached hydrogens (tertiary/aromatic N) is 1. The van der Waals surface area contributed by atoms with Crippen molar-refractivity contribution < 1.29 is 4.79 Å². The summed E-state index contributed by atoms with van der Waals surface area (Å²) in [4.78, 5) is 13.1. The van der Waals surface area contributed by atoms with Gasteiger partial charge >= 0.3 is 0 Å². The summed E-state index contributed by atoms with van der Waals surface area (Å²) >= 11 is 3.71. The topological polar surface area (TPSA) is 32.3 Å². The maximum atomic E-state index is 10.7. The minimum absolute atomic E-state index is 0.170. The molecule has 3 nitrogen and oxygen atoms in total. The summed E-state index contributed by atoms with van der Waals surface area (Å²) in [5, 5.41) is 2.55. The van der Waals surface area contributed by atoms with Crippen LogP contribution in [0.4, 0.5) is 4.79 Å². The second kappa shape index (κ2) is 4.53. The van der Waals surface area contributed by atoms with Crippen molar-refractivity contribution in [1.82, 2.24) is 10.2 Å². The number of likely N-dealkylation sites (tertiary alicyclic amines) is 1. The Bertz CT molecular complexity index is 218. The molecule has 0 saturated carbocycles. The van der Waals surface area contributed by atoms with E-state index in [9.17, 15) is 4.79 Å². The summed E-state index contributed by atoms with van der Waals surface area (Å²) < 4.78 is 0. The van der Waals surface area contributed by atoms with E-state index >= 15 is 0 Å². The number of carbonyl (C=O) groups excluding carboxylic acids is 1. The molecule has 82 valence electrons. The van der Waals surface area contributed by atoms with Crippen LogP contribution >= 0.6 is 12.6 Å². The Morgan fingerprint density at radius 2 is 2.29 bits per heavy atom. The number of carbonyl (C=O) groups is 1. The fraction of sp³-hybridized carbons (Fsp3) is 0.900. The van der Waals surface area contributed by atoms with Gasteiger partial charge in [0.15, 0.2) is 0 Å². The van der Waals surface area contributed by atoms with E-state index in [1.807, 2.05) is 0 Å². The van der Waals surface area contributed by atoms with Crippen molar-refractivity contribution in [2.45, 2.75) is 20.3 Å². The first kappa shape index (κ1) is 11.9. The third-order valence-corrected chi connectivity index (χ3v) is 3.35. The Morgan fingerprint density at radius 3 is 2.71 bits per heavy atom. The largest absolute Gasteiger partial charge is 0.347 e. The van der Waals surface area contributed by atoms with Crippen LogP contribution in [0.2, 0.25) is 0 Å². The molecule has 1 fully saturated rings. The number of thiol groups is 1. The minimum Gasteiger partial charge on any atom is -0.347 e. The van der Waals surface area contributed by atoms with E-state index in [-0.39, 0.29) is 10.7 Å². The summed E-state index contributed by atoms with van der Waals surface area (Å²) in [5.41, 5.74) is 0.170. The fourth-order valence-electron chi connectivity index (χ4n) is 2.02. The second-order valence-electron chi connectivity index (χ2n) is 4.90. The van der Waals surface area contributed by atoms with Crippen LogP contribution in [0.25, 0.3) is 0 Å². The van der Waals surface area contributed by atoms with Gasteiger partial charge in [-0.25, -0.2) is 0 Å². The maximum Gasteiger partial charge on any atom is 0.275 e. The molecule has 1 aliphatic heterocycles. The van der Waals surface area contributed by atoms with Gasteiger partial charge in [-0.2, -0.15) is 0 Å². The molecule has 1 saturated heterocycles. The number of hydrogen-bond acceptors (Lipinski definition) is 2. The molecule has 1 atom stereocenters. The zero-order valence-electron chi connectivity index (χ0n) is 9.21. The predicted molar refractivity (Wildman–Crippen MR) is 61.8 cm³/mol. The standard InChI is InChI=1S/C10H20N2OS/c1-10(2,7-11-9(13)14)8-4-5-12(3)6-8/h8H,4-7H2,1-3H3,(H2,11,13,14). The van der Waals surface area contributed by atoms with Crippen LogP contribution in [0, 0.1) is 11.3 Å². The first-order valence-electron chi connectivity index (χ1n) is 5.07. The third-order valence-electron chi connectivity index (χ3n) is 3.19. The Morgan fingerprint density at radius 1 is 1.64 bits per heavy atom. The Hall–Kier alpha value is -0.220. The normalized spacial score (nSPS) is 23.9. The van der Waals surface area contributed by atoms with Gasteiger partial charge in [-0.3, -0.25) is 4.79 Å². The fourth-order valence-corrected chi connectivity index (χ4v) is 2.10. The van der Waals surface area contributed by atoms with Crippen LogP contribution < -0.4 is 5.32 Å². The molecule has 14 heavy (non-hydrogen) atoms. The lowest BCUT2D eigenvalue weighted by Gasteiger charge is -2.31. The highest BCUT2D eigenvalue weighted by molar-refractivity contribution is 7.96. The molecular formula is C10H20N2OS. The molecule has 1 N–H and O–H groups in total. The Balaban J connectivity index is 2.43. The number of hydrogen-bond donors (Lipinski definition) is 2. The van der Waals surface area contributed by atoms with Gasteiger partial charge in [0, 0.05) is 13.1 Å². The van der Waals surface area contributed by atoms with E-state index in [0.717, 1.165) is 6.54 Å². The van der Waals surface area contributed by atoms with E-state index < -0.39 is 0 Å². The van der Waals surface area contributed by atoms with Crippen molar-refractivity contribution >= 4 is 17.9 Å². The lowest BCUT2D eigenvalue weighted by Crippen LogP contribution is -2.37. The predicted octanol–water partition coefficient (Wildman–Crippen LogP) is 1.60. The van der Waals surface area contributed by atoms with Gasteiger partial charge in [0.1, 0.15) is 0 Å². The molecule has 0 spiro atoms. The van der Waals surface area contributed by atoms with Crippen molar-refractivity contribution in [3.8, 4) is 0 Å². The van der Waals surface area contributed by atoms with Crippen molar-refractivity contribution in [3.63, 3.8) is 0 Å². The van der Waals surface area contributed by atoms with E-state index in [4.69, 9.17) is 0 Å². The smallest absolute Gasteiger partial charge is 0.275 e. The molecular weight excluding hydrogens is 196 g/mol.